The highest BCUT2D eigenvalue weighted by atomic mass is 32.1. The average Bonchev–Trinajstić information content (AvgIpc) is 3.30. The van der Waals surface area contributed by atoms with E-state index >= 15 is 0 Å². The third-order valence-electron chi connectivity index (χ3n) is 5.42. The van der Waals surface area contributed by atoms with Crippen LogP contribution in [0, 0.1) is 6.92 Å². The van der Waals surface area contributed by atoms with Crippen LogP contribution in [0.25, 0.3) is 10.2 Å². The Labute approximate surface area is 196 Å². The molecule has 3 heterocycles. The molecule has 1 aromatic carbocycles. The van der Waals surface area contributed by atoms with Gasteiger partial charge in [-0.25, -0.2) is 4.98 Å². The van der Waals surface area contributed by atoms with Gasteiger partial charge in [-0.2, -0.15) is 9.97 Å². The molecule has 33 heavy (non-hydrogen) atoms. The van der Waals surface area contributed by atoms with Crippen LogP contribution in [0.2, 0.25) is 0 Å². The molecule has 2 aromatic heterocycles. The fraction of sp³-hybridized carbons (Fsp3) is 0.455. The molecule has 0 atom stereocenters. The number of morpholine rings is 1. The topological polar surface area (TPSA) is 99.1 Å². The van der Waals surface area contributed by atoms with Crippen molar-refractivity contribution in [2.24, 2.45) is 0 Å². The van der Waals surface area contributed by atoms with Crippen LogP contribution in [-0.2, 0) is 4.74 Å². The lowest BCUT2D eigenvalue weighted by Gasteiger charge is -2.29. The molecule has 0 radical (unpaired) electrons. The van der Waals surface area contributed by atoms with Crippen molar-refractivity contribution in [2.45, 2.75) is 6.92 Å². The SMILES string of the molecule is COc1cc(C(=O)N(CCN2CCOCC2)c2nc3c(OC)ccc(C)c3s2)nc(OC)n1. The van der Waals surface area contributed by atoms with Gasteiger partial charge in [0, 0.05) is 32.2 Å². The van der Waals surface area contributed by atoms with E-state index in [1.165, 1.54) is 31.6 Å². The lowest BCUT2D eigenvalue weighted by Crippen LogP contribution is -2.43. The molecular formula is C22H27N5O5S. The Bertz CT molecular complexity index is 1110. The minimum Gasteiger partial charge on any atom is -0.494 e. The van der Waals surface area contributed by atoms with E-state index in [9.17, 15) is 4.79 Å². The standard InChI is InChI=1S/C22H27N5O5S/c1-14-5-6-16(29-2)18-19(14)33-22(25-18)27(8-7-26-9-11-32-12-10-26)20(28)15-13-17(30-3)24-21(23-15)31-4/h5-6,13H,7-12H2,1-4H3. The summed E-state index contributed by atoms with van der Waals surface area (Å²) < 4.78 is 22.3. The monoisotopic (exact) mass is 473 g/mol. The van der Waals surface area contributed by atoms with Crippen LogP contribution in [0.5, 0.6) is 17.6 Å². The number of amides is 1. The zero-order chi connectivity index (χ0) is 23.4. The average molecular weight is 474 g/mol. The zero-order valence-electron chi connectivity index (χ0n) is 19.2. The van der Waals surface area contributed by atoms with Crippen LogP contribution >= 0.6 is 11.3 Å². The molecule has 11 heteroatoms. The lowest BCUT2D eigenvalue weighted by atomic mass is 10.2. The first-order valence-corrected chi connectivity index (χ1v) is 11.4. The molecular weight excluding hydrogens is 446 g/mol. The van der Waals surface area contributed by atoms with Crippen LogP contribution in [0.4, 0.5) is 5.13 Å². The highest BCUT2D eigenvalue weighted by Gasteiger charge is 2.26. The Morgan fingerprint density at radius 3 is 2.61 bits per heavy atom. The lowest BCUT2D eigenvalue weighted by molar-refractivity contribution is 0.0391. The number of carbonyl (C=O) groups is 1. The van der Waals surface area contributed by atoms with Crippen molar-refractivity contribution in [3.8, 4) is 17.6 Å². The molecule has 1 aliphatic heterocycles. The van der Waals surface area contributed by atoms with E-state index in [0.717, 1.165) is 28.9 Å². The Hall–Kier alpha value is -3.02. The molecule has 10 nitrogen and oxygen atoms in total. The number of rotatable bonds is 8. The maximum absolute atomic E-state index is 13.7. The molecule has 1 saturated heterocycles. The maximum atomic E-state index is 13.7. The van der Waals surface area contributed by atoms with Gasteiger partial charge < -0.3 is 18.9 Å². The number of nitrogens with zero attached hydrogens (tertiary/aromatic N) is 5. The summed E-state index contributed by atoms with van der Waals surface area (Å²) in [4.78, 5) is 30.8. The molecule has 1 fully saturated rings. The molecule has 4 rings (SSSR count). The van der Waals surface area contributed by atoms with Gasteiger partial charge in [0.05, 0.1) is 39.2 Å². The first-order chi connectivity index (χ1) is 16.0. The summed E-state index contributed by atoms with van der Waals surface area (Å²) in [6, 6.07) is 5.45. The van der Waals surface area contributed by atoms with E-state index in [-0.39, 0.29) is 23.5 Å². The summed E-state index contributed by atoms with van der Waals surface area (Å²) in [6.07, 6.45) is 0. The Balaban J connectivity index is 1.72. The van der Waals surface area contributed by atoms with Crippen molar-refractivity contribution in [3.05, 3.63) is 29.5 Å². The summed E-state index contributed by atoms with van der Waals surface area (Å²) in [7, 11) is 4.54. The van der Waals surface area contributed by atoms with Crippen LogP contribution in [0.15, 0.2) is 18.2 Å². The van der Waals surface area contributed by atoms with Gasteiger partial charge in [0.2, 0.25) is 5.88 Å². The number of aryl methyl sites for hydroxylation is 1. The quantitative estimate of drug-likeness (QED) is 0.488. The normalized spacial score (nSPS) is 14.3. The first kappa shape index (κ1) is 23.1. The minimum atomic E-state index is -0.307. The van der Waals surface area contributed by atoms with E-state index in [0.29, 0.717) is 37.2 Å². The number of thiazole rings is 1. The second kappa shape index (κ2) is 10.3. The fourth-order valence-corrected chi connectivity index (χ4v) is 4.65. The molecule has 0 saturated carbocycles. The van der Waals surface area contributed by atoms with E-state index in [2.05, 4.69) is 14.9 Å². The number of fused-ring (bicyclic) bond motifs is 1. The molecule has 1 aliphatic rings. The van der Waals surface area contributed by atoms with E-state index in [4.69, 9.17) is 23.9 Å². The molecule has 0 bridgehead atoms. The molecule has 0 N–H and O–H groups in total. The van der Waals surface area contributed by atoms with Gasteiger partial charge in [0.15, 0.2) is 5.13 Å². The number of methoxy groups -OCH3 is 3. The van der Waals surface area contributed by atoms with E-state index in [1.807, 2.05) is 19.1 Å². The van der Waals surface area contributed by atoms with Crippen molar-refractivity contribution >= 4 is 32.6 Å². The predicted octanol–water partition coefficient (Wildman–Crippen LogP) is 2.40. The third-order valence-corrected chi connectivity index (χ3v) is 6.64. The van der Waals surface area contributed by atoms with Crippen molar-refractivity contribution in [2.75, 3.05) is 65.6 Å². The third kappa shape index (κ3) is 5.00. The van der Waals surface area contributed by atoms with Crippen molar-refractivity contribution in [1.29, 1.82) is 0 Å². The number of anilines is 1. The Morgan fingerprint density at radius 2 is 1.91 bits per heavy atom. The maximum Gasteiger partial charge on any atom is 0.320 e. The van der Waals surface area contributed by atoms with Crippen LogP contribution in [0.3, 0.4) is 0 Å². The number of hydrogen-bond donors (Lipinski definition) is 0. The summed E-state index contributed by atoms with van der Waals surface area (Å²) in [5.41, 5.74) is 1.98. The largest absolute Gasteiger partial charge is 0.494 e. The molecule has 0 aliphatic carbocycles. The molecule has 1 amide bonds. The van der Waals surface area contributed by atoms with Gasteiger partial charge >= 0.3 is 6.01 Å². The van der Waals surface area contributed by atoms with Crippen LogP contribution in [0.1, 0.15) is 16.1 Å². The fourth-order valence-electron chi connectivity index (χ4n) is 3.58. The van der Waals surface area contributed by atoms with Crippen molar-refractivity contribution in [3.63, 3.8) is 0 Å². The van der Waals surface area contributed by atoms with Gasteiger partial charge in [-0.05, 0) is 18.6 Å². The number of ether oxygens (including phenoxy) is 4. The van der Waals surface area contributed by atoms with E-state index < -0.39 is 0 Å². The number of hydrogen-bond acceptors (Lipinski definition) is 10. The van der Waals surface area contributed by atoms with Gasteiger partial charge in [-0.15, -0.1) is 0 Å². The Morgan fingerprint density at radius 1 is 1.12 bits per heavy atom. The molecule has 3 aromatic rings. The van der Waals surface area contributed by atoms with Gasteiger partial charge in [0.1, 0.15) is 17.0 Å². The number of aromatic nitrogens is 3. The molecule has 176 valence electrons. The Kier molecular flexibility index (Phi) is 7.21. The second-order valence-corrected chi connectivity index (χ2v) is 8.43. The number of carbonyl (C=O) groups excluding carboxylic acids is 1. The smallest absolute Gasteiger partial charge is 0.320 e. The van der Waals surface area contributed by atoms with Crippen LogP contribution in [-0.4, -0.2) is 86.5 Å². The van der Waals surface area contributed by atoms with Crippen molar-refractivity contribution < 1.29 is 23.7 Å². The zero-order valence-corrected chi connectivity index (χ0v) is 20.0. The summed E-state index contributed by atoms with van der Waals surface area (Å²) in [5.74, 6) is 0.613. The summed E-state index contributed by atoms with van der Waals surface area (Å²) in [6.45, 7) is 6.16. The molecule has 0 unspecified atom stereocenters. The van der Waals surface area contributed by atoms with E-state index in [1.54, 1.807) is 12.0 Å². The summed E-state index contributed by atoms with van der Waals surface area (Å²) in [5, 5.41) is 0.576. The highest BCUT2D eigenvalue weighted by molar-refractivity contribution is 7.22. The van der Waals surface area contributed by atoms with Gasteiger partial charge in [-0.3, -0.25) is 14.6 Å². The summed E-state index contributed by atoms with van der Waals surface area (Å²) >= 11 is 1.46. The second-order valence-electron chi connectivity index (χ2n) is 7.45. The molecule has 0 spiro atoms. The van der Waals surface area contributed by atoms with Crippen LogP contribution < -0.4 is 19.1 Å². The highest BCUT2D eigenvalue weighted by Crippen LogP contribution is 2.37. The first-order valence-electron chi connectivity index (χ1n) is 10.6. The van der Waals surface area contributed by atoms with Gasteiger partial charge in [0.25, 0.3) is 5.91 Å². The number of benzene rings is 1. The van der Waals surface area contributed by atoms with Gasteiger partial charge in [-0.1, -0.05) is 17.4 Å². The van der Waals surface area contributed by atoms with Crippen molar-refractivity contribution in [1.82, 2.24) is 19.9 Å². The predicted molar refractivity (Wildman–Crippen MR) is 125 cm³/mol. The minimum absolute atomic E-state index is 0.0626.